The van der Waals surface area contributed by atoms with Gasteiger partial charge in [-0.2, -0.15) is 0 Å². The van der Waals surface area contributed by atoms with Crippen molar-refractivity contribution in [1.29, 1.82) is 0 Å². The lowest BCUT2D eigenvalue weighted by Gasteiger charge is -2.23. The molecule has 53 heavy (non-hydrogen) atoms. The summed E-state index contributed by atoms with van der Waals surface area (Å²) in [7, 11) is 0. The maximum atomic E-state index is 6.12. The Bertz CT molecular complexity index is 2650. The van der Waals surface area contributed by atoms with Crippen LogP contribution in [0.5, 0.6) is 0 Å². The summed E-state index contributed by atoms with van der Waals surface area (Å²) in [4.78, 5) is 18.2. The zero-order valence-electron chi connectivity index (χ0n) is 29.1. The Kier molecular flexibility index (Phi) is 8.53. The summed E-state index contributed by atoms with van der Waals surface area (Å²) in [5.41, 5.74) is 18.6. The van der Waals surface area contributed by atoms with E-state index in [0.717, 1.165) is 28.1 Å². The molecule has 10 heteroatoms. The molecule has 4 aromatic rings. The standard InChI is InChI=1S/C43H30N8O2/c1-27(39-48-50-41(52-39)37-17-7-5-15-35(46-37)33-13-9-11-25-44-33)19-22-30-28(2)43(3,4)32-24-21-29(20-23-31(30)32)40-49-51-42(53-40)38-18-8-6-16-36(47-38)34-14-10-12-26-45-34/h5-6,8-17,19-20,22-26H,1H2,2-4H3/b22-19-. The summed E-state index contributed by atoms with van der Waals surface area (Å²) < 4.78 is 12.2. The Morgan fingerprint density at radius 2 is 1.58 bits per heavy atom. The van der Waals surface area contributed by atoms with Gasteiger partial charge in [-0.25, -0.2) is 9.98 Å². The monoisotopic (exact) mass is 690 g/mol. The molecule has 0 fully saturated rings. The molecule has 0 N–H and O–H groups in total. The molecule has 0 unspecified atom stereocenters. The lowest BCUT2D eigenvalue weighted by atomic mass is 9.81. The molecule has 0 aromatic carbocycles. The highest BCUT2D eigenvalue weighted by Crippen LogP contribution is 2.49. The van der Waals surface area contributed by atoms with Crippen LogP contribution in [0.25, 0.3) is 22.5 Å². The summed E-state index contributed by atoms with van der Waals surface area (Å²) in [6.45, 7) is 10.7. The van der Waals surface area contributed by atoms with Crippen LogP contribution in [-0.2, 0) is 0 Å². The molecule has 0 amide bonds. The molecular weight excluding hydrogens is 661 g/mol. The third kappa shape index (κ3) is 6.52. The van der Waals surface area contributed by atoms with Gasteiger partial charge in [0.1, 0.15) is 5.71 Å². The van der Waals surface area contributed by atoms with Crippen LogP contribution in [0.3, 0.4) is 0 Å². The zero-order valence-corrected chi connectivity index (χ0v) is 29.1. The summed E-state index contributed by atoms with van der Waals surface area (Å²) >= 11 is 0. The van der Waals surface area contributed by atoms with Crippen LogP contribution >= 0.6 is 0 Å². The highest BCUT2D eigenvalue weighted by atomic mass is 16.4. The minimum atomic E-state index is -0.267. The van der Waals surface area contributed by atoms with E-state index in [-0.39, 0.29) is 23.1 Å². The molecule has 10 nitrogen and oxygen atoms in total. The molecule has 4 aromatic heterocycles. The van der Waals surface area contributed by atoms with Crippen molar-refractivity contribution in [3.8, 4) is 0 Å². The molecule has 8 rings (SSSR count). The third-order valence-electron chi connectivity index (χ3n) is 9.07. The van der Waals surface area contributed by atoms with E-state index in [0.29, 0.717) is 39.9 Å². The number of rotatable bonds is 8. The zero-order chi connectivity index (χ0) is 36.4. The molecule has 254 valence electrons. The molecule has 0 saturated carbocycles. The van der Waals surface area contributed by atoms with Crippen LogP contribution in [0.1, 0.15) is 55.7 Å². The molecular formula is C43H30N8O2. The quantitative estimate of drug-likeness (QED) is 0.133. The number of nitrogens with zero attached hydrogens (tertiary/aromatic N) is 8. The first-order valence-electron chi connectivity index (χ1n) is 16.8. The predicted molar refractivity (Wildman–Crippen MR) is 204 cm³/mol. The smallest absolute Gasteiger partial charge is 0.274 e. The van der Waals surface area contributed by atoms with Gasteiger partial charge in [-0.15, -0.1) is 31.9 Å². The van der Waals surface area contributed by atoms with Crippen molar-refractivity contribution < 1.29 is 8.83 Å². The lowest BCUT2D eigenvalue weighted by molar-refractivity contribution is 0.525. The number of pyridine rings is 2. The van der Waals surface area contributed by atoms with Crippen molar-refractivity contribution in [3.63, 3.8) is 0 Å². The summed E-state index contributed by atoms with van der Waals surface area (Å²) in [6.07, 6.45) is 24.1. The van der Waals surface area contributed by atoms with Crippen LogP contribution in [0.15, 0.2) is 181 Å². The fourth-order valence-electron chi connectivity index (χ4n) is 5.95. The van der Waals surface area contributed by atoms with Crippen molar-refractivity contribution in [2.24, 2.45) is 15.4 Å². The predicted octanol–water partition coefficient (Wildman–Crippen LogP) is 8.38. The minimum Gasteiger partial charge on any atom is -0.415 e. The molecule has 4 aliphatic rings. The normalized spacial score (nSPS) is 17.3. The highest BCUT2D eigenvalue weighted by molar-refractivity contribution is 6.10. The summed E-state index contributed by atoms with van der Waals surface area (Å²) in [5.74, 6) is 1.10. The first-order valence-corrected chi connectivity index (χ1v) is 16.8. The second kappa shape index (κ2) is 13.8. The Labute approximate surface area is 305 Å². The number of hydrogen-bond acceptors (Lipinski definition) is 10. The molecule has 0 saturated heterocycles. The highest BCUT2D eigenvalue weighted by Gasteiger charge is 2.35. The number of hydrogen-bond donors (Lipinski definition) is 0. The molecule has 0 radical (unpaired) electrons. The van der Waals surface area contributed by atoms with Crippen molar-refractivity contribution in [2.75, 3.05) is 0 Å². The van der Waals surface area contributed by atoms with Crippen LogP contribution in [0, 0.1) is 5.41 Å². The Morgan fingerprint density at radius 1 is 0.792 bits per heavy atom. The van der Waals surface area contributed by atoms with Gasteiger partial charge in [-0.3, -0.25) is 9.97 Å². The first-order chi connectivity index (χ1) is 25.8. The fraction of sp³-hybridized carbons (Fsp3) is 0.0930. The fourth-order valence-corrected chi connectivity index (χ4v) is 5.95. The second-order valence-corrected chi connectivity index (χ2v) is 12.7. The summed E-state index contributed by atoms with van der Waals surface area (Å²) in [6, 6.07) is 11.3. The maximum absolute atomic E-state index is 6.12. The molecule has 0 bridgehead atoms. The van der Waals surface area contributed by atoms with Gasteiger partial charge in [0, 0.05) is 29.5 Å². The largest absolute Gasteiger partial charge is 0.415 e. The van der Waals surface area contributed by atoms with E-state index in [9.17, 15) is 0 Å². The molecule has 0 atom stereocenters. The topological polar surface area (TPSA) is 128 Å². The van der Waals surface area contributed by atoms with Crippen LogP contribution in [-0.4, -0.2) is 41.8 Å². The lowest BCUT2D eigenvalue weighted by Crippen LogP contribution is -2.12. The molecule has 2 aliphatic heterocycles. The van der Waals surface area contributed by atoms with Crippen LogP contribution in [0.2, 0.25) is 0 Å². The number of aliphatic imine (C=N–C) groups is 2. The Balaban J connectivity index is 1.01. The minimum absolute atomic E-state index is 0.243. The molecule has 6 heterocycles. The van der Waals surface area contributed by atoms with Gasteiger partial charge < -0.3 is 8.83 Å². The third-order valence-corrected chi connectivity index (χ3v) is 9.07. The van der Waals surface area contributed by atoms with E-state index in [1.54, 1.807) is 30.6 Å². The van der Waals surface area contributed by atoms with Gasteiger partial charge in [0.15, 0.2) is 5.70 Å². The average molecular weight is 691 g/mol. The maximum Gasteiger partial charge on any atom is 0.274 e. The SMILES string of the molecule is C=C(/C=C\C1=C(C)C(C)(C)C2=C1C=CC(c1nnc(C3=C=CC=CC(c4ccccn4)=N3)o1)=C=C2)c1nnc(C2=NC(c3ccccn3)=CC=C=C2)o1. The van der Waals surface area contributed by atoms with Gasteiger partial charge >= 0.3 is 0 Å². The van der Waals surface area contributed by atoms with Crippen molar-refractivity contribution in [3.05, 3.63) is 197 Å². The van der Waals surface area contributed by atoms with E-state index in [1.165, 1.54) is 5.57 Å². The van der Waals surface area contributed by atoms with E-state index < -0.39 is 0 Å². The molecule has 0 spiro atoms. The van der Waals surface area contributed by atoms with Crippen molar-refractivity contribution >= 4 is 34.0 Å². The van der Waals surface area contributed by atoms with Crippen LogP contribution < -0.4 is 0 Å². The van der Waals surface area contributed by atoms with E-state index in [2.05, 4.69) is 81.0 Å². The van der Waals surface area contributed by atoms with Crippen LogP contribution in [0.4, 0.5) is 0 Å². The Hall–Kier alpha value is -7.34. The number of aromatic nitrogens is 6. The van der Waals surface area contributed by atoms with Crippen molar-refractivity contribution in [2.45, 2.75) is 20.8 Å². The first kappa shape index (κ1) is 32.8. The number of allylic oxidation sites excluding steroid dienone is 15. The van der Waals surface area contributed by atoms with E-state index >= 15 is 0 Å². The van der Waals surface area contributed by atoms with E-state index in [4.69, 9.17) is 18.8 Å². The van der Waals surface area contributed by atoms with E-state index in [1.807, 2.05) is 78.9 Å². The van der Waals surface area contributed by atoms with Gasteiger partial charge in [-0.05, 0) is 90.4 Å². The Morgan fingerprint density at radius 3 is 2.40 bits per heavy atom. The molecule has 2 aliphatic carbocycles. The van der Waals surface area contributed by atoms with Crippen molar-refractivity contribution in [1.82, 2.24) is 30.4 Å². The second-order valence-electron chi connectivity index (χ2n) is 12.7. The summed E-state index contributed by atoms with van der Waals surface area (Å²) in [5, 5.41) is 17.1. The van der Waals surface area contributed by atoms with Gasteiger partial charge in [-0.1, -0.05) is 62.1 Å². The average Bonchev–Trinajstić information content (AvgIpc) is 3.70. The van der Waals surface area contributed by atoms with Gasteiger partial charge in [0.05, 0.1) is 28.4 Å². The van der Waals surface area contributed by atoms with Gasteiger partial charge in [0.2, 0.25) is 5.89 Å². The van der Waals surface area contributed by atoms with Gasteiger partial charge in [0.25, 0.3) is 17.7 Å².